The lowest BCUT2D eigenvalue weighted by molar-refractivity contribution is -0.382. The summed E-state index contributed by atoms with van der Waals surface area (Å²) in [7, 11) is 0. The molecule has 0 aliphatic heterocycles. The van der Waals surface area contributed by atoms with E-state index in [1.165, 1.54) is 0 Å². The molecule has 31 heavy (non-hydrogen) atoms. The van der Waals surface area contributed by atoms with Crippen LogP contribution < -0.4 is 10.6 Å². The third kappa shape index (κ3) is 3.62. The van der Waals surface area contributed by atoms with E-state index in [1.807, 2.05) is 72.8 Å². The van der Waals surface area contributed by atoms with E-state index < -0.39 is 4.92 Å². The molecule has 0 aliphatic carbocycles. The number of nitro benzene ring substituents is 1. The van der Waals surface area contributed by atoms with Gasteiger partial charge in [-0.15, -0.1) is 0 Å². The Hall–Kier alpha value is -4.46. The molecule has 152 valence electrons. The molecule has 2 N–H and O–H groups in total. The maximum atomic E-state index is 11.8. The summed E-state index contributed by atoms with van der Waals surface area (Å²) in [6.45, 7) is 0.424. The summed E-state index contributed by atoms with van der Waals surface area (Å²) in [6, 6.07) is 25.3. The van der Waals surface area contributed by atoms with E-state index in [0.717, 1.165) is 22.0 Å². The zero-order chi connectivity index (χ0) is 21.2. The second-order valence-electron chi connectivity index (χ2n) is 7.06. The average Bonchev–Trinajstić information content (AvgIpc) is 3.28. The van der Waals surface area contributed by atoms with Gasteiger partial charge < -0.3 is 10.6 Å². The maximum absolute atomic E-state index is 11.8. The molecule has 0 fully saturated rings. The fourth-order valence-corrected chi connectivity index (χ4v) is 3.56. The Morgan fingerprint density at radius 3 is 2.39 bits per heavy atom. The van der Waals surface area contributed by atoms with Crippen LogP contribution in [0.15, 0.2) is 83.5 Å². The highest BCUT2D eigenvalue weighted by atomic mass is 16.6. The van der Waals surface area contributed by atoms with Gasteiger partial charge in [0.2, 0.25) is 5.52 Å². The van der Waals surface area contributed by atoms with E-state index >= 15 is 0 Å². The average molecular weight is 411 g/mol. The molecule has 8 heteroatoms. The highest BCUT2D eigenvalue weighted by molar-refractivity contribution is 6.01. The number of anilines is 3. The van der Waals surface area contributed by atoms with E-state index in [0.29, 0.717) is 23.4 Å². The minimum Gasteiger partial charge on any atom is -0.375 e. The molecule has 5 aromatic rings. The zero-order valence-corrected chi connectivity index (χ0v) is 16.3. The molecule has 0 aliphatic rings. The predicted molar refractivity (Wildman–Crippen MR) is 119 cm³/mol. The summed E-state index contributed by atoms with van der Waals surface area (Å²) in [5.74, 6) is 0. The van der Waals surface area contributed by atoms with Gasteiger partial charge in [0.1, 0.15) is 5.69 Å². The Bertz CT molecular complexity index is 1400. The molecule has 0 saturated carbocycles. The number of hydrogen-bond donors (Lipinski definition) is 2. The van der Waals surface area contributed by atoms with Crippen molar-refractivity contribution in [3.05, 3.63) is 94.5 Å². The van der Waals surface area contributed by atoms with Gasteiger partial charge in [-0.25, -0.2) is 4.63 Å². The molecule has 0 saturated heterocycles. The summed E-state index contributed by atoms with van der Waals surface area (Å²) in [5, 5.41) is 28.2. The van der Waals surface area contributed by atoms with Crippen LogP contribution >= 0.6 is 0 Å². The number of fused-ring (bicyclic) bond motifs is 2. The van der Waals surface area contributed by atoms with Gasteiger partial charge in [0, 0.05) is 12.2 Å². The van der Waals surface area contributed by atoms with Gasteiger partial charge in [-0.05, 0) is 44.8 Å². The molecule has 0 radical (unpaired) electrons. The van der Waals surface area contributed by atoms with Crippen LogP contribution in [0.5, 0.6) is 0 Å². The van der Waals surface area contributed by atoms with E-state index in [2.05, 4.69) is 20.9 Å². The fourth-order valence-electron chi connectivity index (χ4n) is 3.56. The molecule has 0 atom stereocenters. The first-order valence-electron chi connectivity index (χ1n) is 9.66. The number of nitro groups is 1. The summed E-state index contributed by atoms with van der Waals surface area (Å²) in [4.78, 5) is 11.3. The van der Waals surface area contributed by atoms with Crippen LogP contribution in [0, 0.1) is 10.1 Å². The second kappa shape index (κ2) is 7.75. The number of rotatable bonds is 6. The first-order chi connectivity index (χ1) is 15.2. The summed E-state index contributed by atoms with van der Waals surface area (Å²) < 4.78 is 4.85. The van der Waals surface area contributed by atoms with Crippen molar-refractivity contribution < 1.29 is 9.55 Å². The van der Waals surface area contributed by atoms with Crippen LogP contribution in [0.2, 0.25) is 0 Å². The lowest BCUT2D eigenvalue weighted by Crippen LogP contribution is -2.04. The molecule has 4 aromatic carbocycles. The number of benzene rings is 4. The molecule has 0 amide bonds. The normalized spacial score (nSPS) is 11.0. The third-order valence-electron chi connectivity index (χ3n) is 5.05. The molecule has 0 spiro atoms. The third-order valence-corrected chi connectivity index (χ3v) is 5.05. The van der Waals surface area contributed by atoms with Crippen LogP contribution in [0.25, 0.3) is 21.8 Å². The molecule has 1 aromatic heterocycles. The van der Waals surface area contributed by atoms with Gasteiger partial charge in [-0.2, -0.15) is 0 Å². The Morgan fingerprint density at radius 2 is 1.58 bits per heavy atom. The van der Waals surface area contributed by atoms with Crippen molar-refractivity contribution in [1.82, 2.24) is 10.3 Å². The maximum Gasteiger partial charge on any atom is 0.323 e. The van der Waals surface area contributed by atoms with Crippen molar-refractivity contribution in [3.8, 4) is 0 Å². The van der Waals surface area contributed by atoms with Crippen LogP contribution in [0.3, 0.4) is 0 Å². The Balaban J connectivity index is 1.56. The van der Waals surface area contributed by atoms with Crippen molar-refractivity contribution in [3.63, 3.8) is 0 Å². The van der Waals surface area contributed by atoms with Crippen LogP contribution in [0.1, 0.15) is 5.56 Å². The lowest BCUT2D eigenvalue weighted by Gasteiger charge is -2.12. The van der Waals surface area contributed by atoms with E-state index in [4.69, 9.17) is 4.63 Å². The van der Waals surface area contributed by atoms with Gasteiger partial charge in [-0.3, -0.25) is 10.1 Å². The van der Waals surface area contributed by atoms with Gasteiger partial charge in [-0.1, -0.05) is 60.7 Å². The van der Waals surface area contributed by atoms with Crippen molar-refractivity contribution in [2.75, 3.05) is 10.6 Å². The Morgan fingerprint density at radius 1 is 0.839 bits per heavy atom. The minimum absolute atomic E-state index is 0.0892. The standard InChI is InChI=1S/C23H17N5O3/c29-28(30)23-20(24-14-15-6-2-1-3-7-15)13-19(21-22(23)27-31-26-21)25-18-11-10-16-8-4-5-9-17(16)12-18/h1-13,24-25H,14H2. The summed E-state index contributed by atoms with van der Waals surface area (Å²) in [6.07, 6.45) is 0. The number of hydrogen-bond acceptors (Lipinski definition) is 7. The Kier molecular flexibility index (Phi) is 4.64. The first-order valence-corrected chi connectivity index (χ1v) is 9.66. The SMILES string of the molecule is O=[N+]([O-])c1c(NCc2ccccc2)cc(Nc2ccc3ccccc3c2)c2nonc12. The van der Waals surface area contributed by atoms with Gasteiger partial charge >= 0.3 is 5.69 Å². The monoisotopic (exact) mass is 411 g/mol. The molecule has 8 nitrogen and oxygen atoms in total. The molecule has 0 unspecified atom stereocenters. The molecular formula is C23H17N5O3. The number of aromatic nitrogens is 2. The van der Waals surface area contributed by atoms with E-state index in [1.54, 1.807) is 6.07 Å². The van der Waals surface area contributed by atoms with Gasteiger partial charge in [0.05, 0.1) is 10.6 Å². The molecule has 1 heterocycles. The van der Waals surface area contributed by atoms with Gasteiger partial charge in [0.15, 0.2) is 5.52 Å². The second-order valence-corrected chi connectivity index (χ2v) is 7.06. The summed E-state index contributed by atoms with van der Waals surface area (Å²) >= 11 is 0. The largest absolute Gasteiger partial charge is 0.375 e. The smallest absolute Gasteiger partial charge is 0.323 e. The van der Waals surface area contributed by atoms with Crippen molar-refractivity contribution in [2.24, 2.45) is 0 Å². The van der Waals surface area contributed by atoms with Crippen molar-refractivity contribution in [2.45, 2.75) is 6.54 Å². The van der Waals surface area contributed by atoms with Crippen molar-refractivity contribution in [1.29, 1.82) is 0 Å². The number of nitrogens with one attached hydrogen (secondary N) is 2. The highest BCUT2D eigenvalue weighted by Crippen LogP contribution is 2.38. The topological polar surface area (TPSA) is 106 Å². The first kappa shape index (κ1) is 18.6. The minimum atomic E-state index is -0.473. The zero-order valence-electron chi connectivity index (χ0n) is 16.3. The van der Waals surface area contributed by atoms with Crippen molar-refractivity contribution >= 4 is 44.6 Å². The summed E-state index contributed by atoms with van der Waals surface area (Å²) in [5.41, 5.74) is 2.94. The predicted octanol–water partition coefficient (Wildman–Crippen LogP) is 5.64. The molecular weight excluding hydrogens is 394 g/mol. The van der Waals surface area contributed by atoms with E-state index in [9.17, 15) is 10.1 Å². The number of nitrogens with zero attached hydrogens (tertiary/aromatic N) is 3. The Labute approximate surface area is 176 Å². The fraction of sp³-hybridized carbons (Fsp3) is 0.0435. The van der Waals surface area contributed by atoms with Crippen LogP contribution in [0.4, 0.5) is 22.7 Å². The van der Waals surface area contributed by atoms with Gasteiger partial charge in [0.25, 0.3) is 0 Å². The van der Waals surface area contributed by atoms with Crippen LogP contribution in [-0.2, 0) is 6.54 Å². The lowest BCUT2D eigenvalue weighted by atomic mass is 10.1. The van der Waals surface area contributed by atoms with E-state index in [-0.39, 0.29) is 11.2 Å². The molecule has 5 rings (SSSR count). The highest BCUT2D eigenvalue weighted by Gasteiger charge is 2.26. The molecule has 0 bridgehead atoms. The van der Waals surface area contributed by atoms with Crippen LogP contribution in [-0.4, -0.2) is 15.2 Å². The quantitative estimate of drug-likeness (QED) is 0.275.